The van der Waals surface area contributed by atoms with Gasteiger partial charge in [0.15, 0.2) is 0 Å². The fraction of sp³-hybridized carbons (Fsp3) is 0.379. The first kappa shape index (κ1) is 25.2. The van der Waals surface area contributed by atoms with Crippen molar-refractivity contribution in [2.75, 3.05) is 13.1 Å². The van der Waals surface area contributed by atoms with Gasteiger partial charge in [-0.15, -0.1) is 11.8 Å². The zero-order valence-electron chi connectivity index (χ0n) is 20.0. The van der Waals surface area contributed by atoms with Crippen molar-refractivity contribution in [3.63, 3.8) is 0 Å². The summed E-state index contributed by atoms with van der Waals surface area (Å²) < 4.78 is 33.2. The molecule has 0 saturated carbocycles. The lowest BCUT2D eigenvalue weighted by atomic mass is 9.98. The molecule has 0 radical (unpaired) electrons. The Morgan fingerprint density at radius 2 is 1.56 bits per heavy atom. The highest BCUT2D eigenvalue weighted by molar-refractivity contribution is 8.00. The second-order valence-corrected chi connectivity index (χ2v) is 11.0. The third kappa shape index (κ3) is 6.09. The van der Waals surface area contributed by atoms with Gasteiger partial charge in [0.05, 0.1) is 6.10 Å². The number of ether oxygens (including phenoxy) is 1. The molecule has 3 aromatic rings. The van der Waals surface area contributed by atoms with E-state index in [4.69, 9.17) is 4.74 Å². The van der Waals surface area contributed by atoms with Crippen molar-refractivity contribution in [2.45, 2.75) is 60.7 Å². The number of benzene rings is 3. The van der Waals surface area contributed by atoms with Crippen LogP contribution in [0.2, 0.25) is 0 Å². The number of aliphatic hydroxyl groups is 2. The molecule has 0 aliphatic carbocycles. The number of fused-ring (bicyclic) bond motifs is 2. The van der Waals surface area contributed by atoms with Gasteiger partial charge in [-0.1, -0.05) is 30.3 Å². The molecule has 4 nitrogen and oxygen atoms in total. The monoisotopic (exact) mass is 511 g/mol. The van der Waals surface area contributed by atoms with Gasteiger partial charge in [-0.2, -0.15) is 0 Å². The van der Waals surface area contributed by atoms with Crippen LogP contribution in [0.3, 0.4) is 0 Å². The van der Waals surface area contributed by atoms with Gasteiger partial charge in [0.25, 0.3) is 0 Å². The molecule has 2 N–H and O–H groups in total. The van der Waals surface area contributed by atoms with Crippen LogP contribution in [0.1, 0.15) is 29.5 Å². The quantitative estimate of drug-likeness (QED) is 0.446. The molecule has 0 bridgehead atoms. The largest absolute Gasteiger partial charge is 0.487 e. The Bertz CT molecular complexity index is 1110. The molecule has 4 atom stereocenters. The molecule has 3 aromatic carbocycles. The zero-order valence-corrected chi connectivity index (χ0v) is 20.8. The molecule has 0 spiro atoms. The van der Waals surface area contributed by atoms with Crippen LogP contribution in [0.15, 0.2) is 71.6 Å². The average Bonchev–Trinajstić information content (AvgIpc) is 2.88. The molecule has 2 aliphatic heterocycles. The molecule has 5 rings (SSSR count). The average molecular weight is 512 g/mol. The molecule has 0 aromatic heterocycles. The first-order valence-corrected chi connectivity index (χ1v) is 13.3. The third-order valence-corrected chi connectivity index (χ3v) is 8.50. The van der Waals surface area contributed by atoms with E-state index in [9.17, 15) is 19.0 Å². The van der Waals surface area contributed by atoms with Crippen LogP contribution < -0.4 is 4.74 Å². The molecular formula is C29H31F2NO3S. The summed E-state index contributed by atoms with van der Waals surface area (Å²) in [5.74, 6) is 0.108. The summed E-state index contributed by atoms with van der Waals surface area (Å²) in [6.45, 7) is 1.32. The van der Waals surface area contributed by atoms with Crippen LogP contribution in [0.5, 0.6) is 5.75 Å². The SMILES string of the molecule is OC(CN(Cc1ccccc1)C[C@@H](O)C1CCc2cc(F)ccc2O1)C1CCc2cc(F)ccc2S1. The van der Waals surface area contributed by atoms with Crippen LogP contribution in [0.25, 0.3) is 0 Å². The Kier molecular flexibility index (Phi) is 7.91. The van der Waals surface area contributed by atoms with Crippen molar-refractivity contribution in [3.05, 3.63) is 95.1 Å². The van der Waals surface area contributed by atoms with Crippen LogP contribution in [-0.2, 0) is 19.4 Å². The Hall–Kier alpha value is -2.45. The van der Waals surface area contributed by atoms with Crippen molar-refractivity contribution < 1.29 is 23.7 Å². The van der Waals surface area contributed by atoms with Crippen molar-refractivity contribution in [1.29, 1.82) is 0 Å². The first-order valence-electron chi connectivity index (χ1n) is 12.5. The summed E-state index contributed by atoms with van der Waals surface area (Å²) in [7, 11) is 0. The molecule has 0 saturated heterocycles. The lowest BCUT2D eigenvalue weighted by Gasteiger charge is -2.35. The second-order valence-electron chi connectivity index (χ2n) is 9.71. The summed E-state index contributed by atoms with van der Waals surface area (Å²) in [5.41, 5.74) is 2.92. The van der Waals surface area contributed by atoms with Crippen LogP contribution in [0.4, 0.5) is 8.78 Å². The first-order chi connectivity index (χ1) is 17.4. The van der Waals surface area contributed by atoms with E-state index in [1.54, 1.807) is 30.0 Å². The van der Waals surface area contributed by atoms with Crippen molar-refractivity contribution >= 4 is 11.8 Å². The number of aryl methyl sites for hydroxylation is 2. The summed E-state index contributed by atoms with van der Waals surface area (Å²) in [4.78, 5) is 3.10. The molecule has 0 amide bonds. The maximum atomic E-state index is 13.6. The lowest BCUT2D eigenvalue weighted by Crippen LogP contribution is -2.46. The minimum absolute atomic E-state index is 0.00826. The Morgan fingerprint density at radius 3 is 2.36 bits per heavy atom. The van der Waals surface area contributed by atoms with Gasteiger partial charge in [0, 0.05) is 29.8 Å². The van der Waals surface area contributed by atoms with Gasteiger partial charge >= 0.3 is 0 Å². The number of hydrogen-bond acceptors (Lipinski definition) is 5. The number of nitrogens with zero attached hydrogens (tertiary/aromatic N) is 1. The molecule has 2 heterocycles. The van der Waals surface area contributed by atoms with Crippen LogP contribution in [0, 0.1) is 11.6 Å². The third-order valence-electron chi connectivity index (χ3n) is 7.00. The Labute approximate surface area is 214 Å². The highest BCUT2D eigenvalue weighted by Gasteiger charge is 2.31. The smallest absolute Gasteiger partial charge is 0.126 e. The van der Waals surface area contributed by atoms with E-state index < -0.39 is 18.3 Å². The van der Waals surface area contributed by atoms with E-state index in [1.807, 2.05) is 30.3 Å². The zero-order chi connectivity index (χ0) is 25.1. The van der Waals surface area contributed by atoms with Gasteiger partial charge in [-0.3, -0.25) is 4.90 Å². The highest BCUT2D eigenvalue weighted by Crippen LogP contribution is 2.37. The summed E-state index contributed by atoms with van der Waals surface area (Å²) in [5, 5.41) is 22.3. The second kappa shape index (κ2) is 11.3. The van der Waals surface area contributed by atoms with Crippen molar-refractivity contribution in [1.82, 2.24) is 4.90 Å². The molecule has 0 fully saturated rings. The maximum Gasteiger partial charge on any atom is 0.126 e. The van der Waals surface area contributed by atoms with Crippen molar-refractivity contribution in [3.8, 4) is 5.75 Å². The predicted molar refractivity (Wildman–Crippen MR) is 137 cm³/mol. The number of halogens is 2. The van der Waals surface area contributed by atoms with Crippen LogP contribution >= 0.6 is 11.8 Å². The van der Waals surface area contributed by atoms with E-state index in [-0.39, 0.29) is 16.9 Å². The molecule has 7 heteroatoms. The summed E-state index contributed by atoms with van der Waals surface area (Å²) in [6.07, 6.45) is 0.980. The van der Waals surface area contributed by atoms with Crippen LogP contribution in [-0.4, -0.2) is 51.8 Å². The molecular weight excluding hydrogens is 480 g/mol. The topological polar surface area (TPSA) is 52.9 Å². The standard InChI is InChI=1S/C29H31F2NO3S/c30-22-8-11-26-20(14-22)6-10-27(35-26)24(33)17-32(16-19-4-2-1-3-5-19)18-25(34)29-12-7-21-15-23(31)9-13-28(21)36-29/h1-5,8-9,11,13-15,24-25,27,29,33-34H,6-7,10,12,16-18H2/t24-,25?,27?,29?/m1/s1. The fourth-order valence-corrected chi connectivity index (χ4v) is 6.37. The lowest BCUT2D eigenvalue weighted by molar-refractivity contribution is -0.00868. The normalized spacial score (nSPS) is 20.8. The van der Waals surface area contributed by atoms with Gasteiger partial charge in [-0.05, 0) is 78.8 Å². The maximum absolute atomic E-state index is 13.6. The molecule has 2 aliphatic rings. The van der Waals surface area contributed by atoms with Gasteiger partial charge in [-0.25, -0.2) is 8.78 Å². The summed E-state index contributed by atoms with van der Waals surface area (Å²) >= 11 is 1.60. The van der Waals surface area contributed by atoms with E-state index in [0.717, 1.165) is 34.4 Å². The number of aliphatic hydroxyl groups excluding tert-OH is 2. The predicted octanol–water partition coefficient (Wildman–Crippen LogP) is 4.99. The van der Waals surface area contributed by atoms with Gasteiger partial charge in [0.1, 0.15) is 29.6 Å². The van der Waals surface area contributed by atoms with E-state index in [0.29, 0.717) is 38.2 Å². The molecule has 190 valence electrons. The number of hydrogen-bond donors (Lipinski definition) is 2. The van der Waals surface area contributed by atoms with E-state index >= 15 is 0 Å². The number of rotatable bonds is 8. The van der Waals surface area contributed by atoms with Crippen molar-refractivity contribution in [2.24, 2.45) is 0 Å². The van der Waals surface area contributed by atoms with E-state index in [2.05, 4.69) is 4.90 Å². The van der Waals surface area contributed by atoms with Gasteiger partial charge in [0.2, 0.25) is 0 Å². The van der Waals surface area contributed by atoms with Gasteiger partial charge < -0.3 is 14.9 Å². The minimum Gasteiger partial charge on any atom is -0.487 e. The minimum atomic E-state index is -0.762. The van der Waals surface area contributed by atoms with E-state index in [1.165, 1.54) is 18.2 Å². The fourth-order valence-electron chi connectivity index (χ4n) is 5.11. The number of thioether (sulfide) groups is 1. The molecule has 3 unspecified atom stereocenters. The Morgan fingerprint density at radius 1 is 0.861 bits per heavy atom. The summed E-state index contributed by atoms with van der Waals surface area (Å²) in [6, 6.07) is 19.3. The highest BCUT2D eigenvalue weighted by atomic mass is 32.2. The molecule has 36 heavy (non-hydrogen) atoms. The Balaban J connectivity index is 1.26.